The minimum Gasteiger partial charge on any atom is -0.305 e. The van der Waals surface area contributed by atoms with Crippen molar-refractivity contribution in [1.82, 2.24) is 19.7 Å². The summed E-state index contributed by atoms with van der Waals surface area (Å²) in [5.41, 5.74) is 1.02. The first-order valence-electron chi connectivity index (χ1n) is 7.42. The van der Waals surface area contributed by atoms with Gasteiger partial charge in [-0.05, 0) is 42.7 Å². The maximum absolute atomic E-state index is 4.35. The molecule has 21 heavy (non-hydrogen) atoms. The van der Waals surface area contributed by atoms with Crippen LogP contribution in [0.2, 0.25) is 0 Å². The van der Waals surface area contributed by atoms with Gasteiger partial charge in [0.15, 0.2) is 11.0 Å². The Kier molecular flexibility index (Phi) is 3.30. The highest BCUT2D eigenvalue weighted by molar-refractivity contribution is 7.99. The topological polar surface area (TPSA) is 43.6 Å². The van der Waals surface area contributed by atoms with E-state index in [0.29, 0.717) is 0 Å². The third-order valence-corrected chi connectivity index (χ3v) is 5.81. The number of rotatable bonds is 4. The van der Waals surface area contributed by atoms with E-state index in [0.717, 1.165) is 40.1 Å². The van der Waals surface area contributed by atoms with Crippen molar-refractivity contribution in [2.24, 2.45) is 24.8 Å². The highest BCUT2D eigenvalue weighted by atomic mass is 32.2. The van der Waals surface area contributed by atoms with Gasteiger partial charge in [-0.15, -0.1) is 10.2 Å². The smallest absolute Gasteiger partial charge is 0.191 e. The largest absolute Gasteiger partial charge is 0.305 e. The van der Waals surface area contributed by atoms with Crippen LogP contribution in [0.25, 0.3) is 11.4 Å². The molecule has 0 radical (unpaired) electrons. The average Bonchev–Trinajstić information content (AvgIpc) is 3.22. The number of hydrogen-bond acceptors (Lipinski definition) is 4. The summed E-state index contributed by atoms with van der Waals surface area (Å²) >= 11 is 1.83. The Morgan fingerprint density at radius 1 is 1.29 bits per heavy atom. The molecule has 1 fully saturated rings. The molecule has 2 aliphatic carbocycles. The van der Waals surface area contributed by atoms with Crippen LogP contribution in [0.5, 0.6) is 0 Å². The van der Waals surface area contributed by atoms with Crippen molar-refractivity contribution < 1.29 is 0 Å². The molecule has 5 heteroatoms. The number of aromatic nitrogens is 4. The van der Waals surface area contributed by atoms with Gasteiger partial charge in [0.1, 0.15) is 0 Å². The Balaban J connectivity index is 1.47. The van der Waals surface area contributed by atoms with Crippen molar-refractivity contribution in [3.05, 3.63) is 36.7 Å². The van der Waals surface area contributed by atoms with Gasteiger partial charge in [0.2, 0.25) is 0 Å². The van der Waals surface area contributed by atoms with Gasteiger partial charge in [0.25, 0.3) is 0 Å². The molecular weight excluding hydrogens is 280 g/mol. The van der Waals surface area contributed by atoms with Gasteiger partial charge >= 0.3 is 0 Å². The fourth-order valence-electron chi connectivity index (χ4n) is 3.45. The van der Waals surface area contributed by atoms with Gasteiger partial charge in [-0.3, -0.25) is 4.98 Å². The average molecular weight is 298 g/mol. The van der Waals surface area contributed by atoms with E-state index >= 15 is 0 Å². The van der Waals surface area contributed by atoms with E-state index in [1.807, 2.05) is 37.1 Å². The lowest BCUT2D eigenvalue weighted by molar-refractivity contribution is 0.501. The summed E-state index contributed by atoms with van der Waals surface area (Å²) in [5, 5.41) is 9.66. The molecule has 2 heterocycles. The van der Waals surface area contributed by atoms with Crippen LogP contribution < -0.4 is 0 Å². The molecule has 1 saturated carbocycles. The van der Waals surface area contributed by atoms with Crippen LogP contribution >= 0.6 is 11.8 Å². The Morgan fingerprint density at radius 3 is 2.95 bits per heavy atom. The summed E-state index contributed by atoms with van der Waals surface area (Å²) in [7, 11) is 2.03. The third kappa shape index (κ3) is 2.39. The second-order valence-corrected chi connectivity index (χ2v) is 6.95. The molecule has 3 atom stereocenters. The van der Waals surface area contributed by atoms with Crippen LogP contribution in [0.3, 0.4) is 0 Å². The van der Waals surface area contributed by atoms with Crippen LogP contribution in [0.4, 0.5) is 0 Å². The summed E-state index contributed by atoms with van der Waals surface area (Å²) in [4.78, 5) is 4.15. The molecule has 2 aromatic heterocycles. The normalized spacial score (nSPS) is 26.6. The van der Waals surface area contributed by atoms with Crippen molar-refractivity contribution >= 4 is 11.8 Å². The van der Waals surface area contributed by atoms with E-state index in [4.69, 9.17) is 0 Å². The fraction of sp³-hybridized carbons (Fsp3) is 0.438. The molecular formula is C16H18N4S. The number of allylic oxidation sites excluding steroid dienone is 2. The maximum Gasteiger partial charge on any atom is 0.191 e. The maximum atomic E-state index is 4.35. The number of fused-ring (bicyclic) bond motifs is 2. The second-order valence-electron chi connectivity index (χ2n) is 5.96. The first kappa shape index (κ1) is 13.1. The van der Waals surface area contributed by atoms with Gasteiger partial charge < -0.3 is 4.57 Å². The fourth-order valence-corrected chi connectivity index (χ4v) is 4.58. The summed E-state index contributed by atoms with van der Waals surface area (Å²) in [6, 6.07) is 3.95. The quantitative estimate of drug-likeness (QED) is 0.642. The monoisotopic (exact) mass is 298 g/mol. The van der Waals surface area contributed by atoms with Crippen LogP contribution in [-0.4, -0.2) is 25.5 Å². The van der Waals surface area contributed by atoms with Gasteiger partial charge in [0, 0.05) is 30.8 Å². The first-order chi connectivity index (χ1) is 10.3. The minimum absolute atomic E-state index is 0.800. The standard InChI is InChI=1S/C16H18N4S/c1-20-15(13-3-2-6-17-9-13)18-19-16(20)21-10-14-8-11-4-5-12(14)7-11/h2-6,9,11-12,14H,7-8,10H2,1H3/t11-,12+,14+/m0/s1. The molecule has 2 bridgehead atoms. The molecule has 4 nitrogen and oxygen atoms in total. The lowest BCUT2D eigenvalue weighted by Crippen LogP contribution is -2.10. The second kappa shape index (κ2) is 5.30. The van der Waals surface area contributed by atoms with Gasteiger partial charge in [0.05, 0.1) is 0 Å². The zero-order valence-corrected chi connectivity index (χ0v) is 12.8. The Labute approximate surface area is 128 Å². The molecule has 108 valence electrons. The van der Waals surface area contributed by atoms with E-state index in [1.165, 1.54) is 12.8 Å². The molecule has 0 aliphatic heterocycles. The molecule has 0 aromatic carbocycles. The zero-order chi connectivity index (χ0) is 14.2. The van der Waals surface area contributed by atoms with Gasteiger partial charge in [-0.1, -0.05) is 23.9 Å². The van der Waals surface area contributed by atoms with Crippen molar-refractivity contribution in [3.63, 3.8) is 0 Å². The van der Waals surface area contributed by atoms with E-state index in [1.54, 1.807) is 6.20 Å². The van der Waals surface area contributed by atoms with E-state index < -0.39 is 0 Å². The first-order valence-corrected chi connectivity index (χ1v) is 8.41. The predicted molar refractivity (Wildman–Crippen MR) is 83.8 cm³/mol. The number of pyridine rings is 1. The van der Waals surface area contributed by atoms with Crippen molar-refractivity contribution in [2.75, 3.05) is 5.75 Å². The Morgan fingerprint density at radius 2 is 2.24 bits per heavy atom. The predicted octanol–water partition coefficient (Wildman–Crippen LogP) is 3.18. The highest BCUT2D eigenvalue weighted by Crippen LogP contribution is 2.45. The summed E-state index contributed by atoms with van der Waals surface area (Å²) in [6.07, 6.45) is 11.1. The molecule has 4 rings (SSSR count). The van der Waals surface area contributed by atoms with Gasteiger partial charge in [-0.2, -0.15) is 0 Å². The third-order valence-electron chi connectivity index (χ3n) is 4.60. The zero-order valence-electron chi connectivity index (χ0n) is 12.0. The van der Waals surface area contributed by atoms with Crippen molar-refractivity contribution in [1.29, 1.82) is 0 Å². The molecule has 0 saturated heterocycles. The van der Waals surface area contributed by atoms with E-state index in [9.17, 15) is 0 Å². The molecule has 0 N–H and O–H groups in total. The van der Waals surface area contributed by atoms with Crippen LogP contribution in [-0.2, 0) is 7.05 Å². The van der Waals surface area contributed by atoms with Crippen molar-refractivity contribution in [3.8, 4) is 11.4 Å². The Bertz CT molecular complexity index is 664. The SMILES string of the molecule is Cn1c(SC[C@H]2C[C@H]3C=C[C@@H]2C3)nnc1-c1cccnc1. The highest BCUT2D eigenvalue weighted by Gasteiger charge is 2.35. The molecule has 0 spiro atoms. The summed E-state index contributed by atoms with van der Waals surface area (Å²) in [6.45, 7) is 0. The molecule has 2 aromatic rings. The van der Waals surface area contributed by atoms with Crippen molar-refractivity contribution in [2.45, 2.75) is 18.0 Å². The van der Waals surface area contributed by atoms with E-state index in [-0.39, 0.29) is 0 Å². The summed E-state index contributed by atoms with van der Waals surface area (Å²) < 4.78 is 2.07. The van der Waals surface area contributed by atoms with Crippen LogP contribution in [0, 0.1) is 17.8 Å². The number of thioether (sulfide) groups is 1. The minimum atomic E-state index is 0.800. The van der Waals surface area contributed by atoms with Gasteiger partial charge in [-0.25, -0.2) is 0 Å². The molecule has 0 unspecified atom stereocenters. The summed E-state index contributed by atoms with van der Waals surface area (Å²) in [5.74, 6) is 4.48. The lowest BCUT2D eigenvalue weighted by Gasteiger charge is -2.16. The van der Waals surface area contributed by atoms with Crippen LogP contribution in [0.1, 0.15) is 12.8 Å². The lowest BCUT2D eigenvalue weighted by atomic mass is 9.96. The van der Waals surface area contributed by atoms with E-state index in [2.05, 4.69) is 31.9 Å². The molecule has 2 aliphatic rings. The Hall–Kier alpha value is -1.62. The number of nitrogens with zero attached hydrogens (tertiary/aromatic N) is 4. The van der Waals surface area contributed by atoms with Crippen LogP contribution in [0.15, 0.2) is 41.8 Å². The number of hydrogen-bond donors (Lipinski definition) is 0. The molecule has 0 amide bonds.